The summed E-state index contributed by atoms with van der Waals surface area (Å²) in [6, 6.07) is 0.231. The van der Waals surface area contributed by atoms with Gasteiger partial charge in [0.05, 0.1) is 0 Å². The van der Waals surface area contributed by atoms with E-state index in [1.54, 1.807) is 4.52 Å². The van der Waals surface area contributed by atoms with Crippen LogP contribution in [0.3, 0.4) is 0 Å². The second-order valence-corrected chi connectivity index (χ2v) is 6.69. The van der Waals surface area contributed by atoms with Crippen molar-refractivity contribution in [2.45, 2.75) is 58.4 Å². The van der Waals surface area contributed by atoms with Crippen LogP contribution in [0.25, 0.3) is 5.78 Å². The average Bonchev–Trinajstić information content (AvgIpc) is 3.03. The first-order chi connectivity index (χ1) is 11.6. The van der Waals surface area contributed by atoms with Crippen LogP contribution >= 0.6 is 12.4 Å². The predicted molar refractivity (Wildman–Crippen MR) is 98.8 cm³/mol. The molecule has 2 aromatic rings. The monoisotopic (exact) mass is 366 g/mol. The van der Waals surface area contributed by atoms with Gasteiger partial charge in [-0.1, -0.05) is 12.8 Å². The molecular weight excluding hydrogens is 340 g/mol. The minimum Gasteiger partial charge on any atom is -0.353 e. The lowest BCUT2D eigenvalue weighted by Gasteiger charge is -2.31. The second kappa shape index (κ2) is 8.58. The van der Waals surface area contributed by atoms with E-state index >= 15 is 0 Å². The largest absolute Gasteiger partial charge is 0.353 e. The molecule has 1 amide bonds. The highest BCUT2D eigenvalue weighted by Gasteiger charge is 2.25. The van der Waals surface area contributed by atoms with Crippen molar-refractivity contribution < 1.29 is 4.79 Å². The van der Waals surface area contributed by atoms with Crippen molar-refractivity contribution in [3.63, 3.8) is 0 Å². The van der Waals surface area contributed by atoms with E-state index in [9.17, 15) is 4.79 Å². The van der Waals surface area contributed by atoms with Gasteiger partial charge in [0, 0.05) is 23.9 Å². The minimum absolute atomic E-state index is 0. The van der Waals surface area contributed by atoms with Crippen LogP contribution in [0.15, 0.2) is 6.33 Å². The Morgan fingerprint density at radius 2 is 2.12 bits per heavy atom. The fourth-order valence-corrected chi connectivity index (χ4v) is 3.71. The van der Waals surface area contributed by atoms with Crippen LogP contribution < -0.4 is 11.1 Å². The molecule has 25 heavy (non-hydrogen) atoms. The number of nitrogens with one attached hydrogen (secondary N) is 1. The first-order valence-corrected chi connectivity index (χ1v) is 8.75. The first-order valence-electron chi connectivity index (χ1n) is 8.75. The first kappa shape index (κ1) is 19.6. The summed E-state index contributed by atoms with van der Waals surface area (Å²) >= 11 is 0. The third kappa shape index (κ3) is 4.27. The highest BCUT2D eigenvalue weighted by molar-refractivity contribution is 5.85. The molecule has 8 heteroatoms. The van der Waals surface area contributed by atoms with E-state index in [-0.39, 0.29) is 24.4 Å². The Morgan fingerprint density at radius 3 is 2.88 bits per heavy atom. The number of hydrogen-bond acceptors (Lipinski definition) is 5. The lowest BCUT2D eigenvalue weighted by Crippen LogP contribution is -2.44. The van der Waals surface area contributed by atoms with Gasteiger partial charge in [0.25, 0.3) is 5.78 Å². The number of aryl methyl sites for hydroxylation is 2. The summed E-state index contributed by atoms with van der Waals surface area (Å²) in [7, 11) is 0. The molecule has 0 aliphatic heterocycles. The topological polar surface area (TPSA) is 98.2 Å². The summed E-state index contributed by atoms with van der Waals surface area (Å²) in [6.45, 7) is 4.60. The van der Waals surface area contributed by atoms with Crippen molar-refractivity contribution in [3.05, 3.63) is 23.3 Å². The Hall–Kier alpha value is -1.73. The van der Waals surface area contributed by atoms with Crippen molar-refractivity contribution in [3.8, 4) is 0 Å². The van der Waals surface area contributed by atoms with E-state index in [4.69, 9.17) is 5.73 Å². The maximum absolute atomic E-state index is 12.4. The van der Waals surface area contributed by atoms with Crippen LogP contribution in [-0.4, -0.2) is 38.1 Å². The Labute approximate surface area is 154 Å². The number of carbonyl (C=O) groups is 1. The number of rotatable bonds is 5. The van der Waals surface area contributed by atoms with Crippen molar-refractivity contribution in [2.75, 3.05) is 6.54 Å². The van der Waals surface area contributed by atoms with E-state index in [1.165, 1.54) is 19.2 Å². The van der Waals surface area contributed by atoms with Gasteiger partial charge in [0.1, 0.15) is 6.33 Å². The minimum atomic E-state index is 0. The number of hydrogen-bond donors (Lipinski definition) is 2. The molecule has 1 aliphatic carbocycles. The summed E-state index contributed by atoms with van der Waals surface area (Å²) in [6.07, 6.45) is 7.17. The van der Waals surface area contributed by atoms with Gasteiger partial charge in [-0.2, -0.15) is 10.1 Å². The Kier molecular flexibility index (Phi) is 6.72. The van der Waals surface area contributed by atoms with E-state index < -0.39 is 0 Å². The van der Waals surface area contributed by atoms with Crippen LogP contribution in [0.1, 0.15) is 49.1 Å². The lowest BCUT2D eigenvalue weighted by atomic mass is 9.84. The average molecular weight is 367 g/mol. The van der Waals surface area contributed by atoms with Crippen molar-refractivity contribution in [2.24, 2.45) is 11.7 Å². The van der Waals surface area contributed by atoms with Crippen molar-refractivity contribution in [1.29, 1.82) is 0 Å². The fraction of sp³-hybridized carbons (Fsp3) is 0.647. The summed E-state index contributed by atoms with van der Waals surface area (Å²) in [5, 5.41) is 7.38. The number of aromatic nitrogens is 4. The number of carbonyl (C=O) groups excluding carboxylic acids is 1. The highest BCUT2D eigenvalue weighted by Crippen LogP contribution is 2.23. The van der Waals surface area contributed by atoms with Gasteiger partial charge in [-0.15, -0.1) is 12.4 Å². The fourth-order valence-electron chi connectivity index (χ4n) is 3.71. The van der Waals surface area contributed by atoms with E-state index in [1.807, 2.05) is 13.8 Å². The molecule has 0 bridgehead atoms. The van der Waals surface area contributed by atoms with Gasteiger partial charge in [-0.25, -0.2) is 9.50 Å². The Balaban J connectivity index is 0.00000225. The van der Waals surface area contributed by atoms with Gasteiger partial charge in [0.15, 0.2) is 0 Å². The van der Waals surface area contributed by atoms with E-state index in [0.29, 0.717) is 31.1 Å². The molecule has 1 aliphatic rings. The molecule has 2 unspecified atom stereocenters. The van der Waals surface area contributed by atoms with Crippen LogP contribution in [0.2, 0.25) is 0 Å². The molecule has 1 saturated carbocycles. The molecule has 0 spiro atoms. The molecule has 2 aromatic heterocycles. The number of fused-ring (bicyclic) bond motifs is 1. The van der Waals surface area contributed by atoms with Crippen molar-refractivity contribution >= 4 is 24.1 Å². The van der Waals surface area contributed by atoms with Crippen LogP contribution in [-0.2, 0) is 11.2 Å². The van der Waals surface area contributed by atoms with Crippen molar-refractivity contribution in [1.82, 2.24) is 24.9 Å². The van der Waals surface area contributed by atoms with E-state index in [0.717, 1.165) is 29.8 Å². The van der Waals surface area contributed by atoms with Crippen LogP contribution in [0.5, 0.6) is 0 Å². The zero-order valence-electron chi connectivity index (χ0n) is 14.9. The van der Waals surface area contributed by atoms with Crippen LogP contribution in [0, 0.1) is 19.8 Å². The molecule has 7 nitrogen and oxygen atoms in total. The second-order valence-electron chi connectivity index (χ2n) is 6.69. The zero-order valence-corrected chi connectivity index (χ0v) is 15.7. The number of nitrogens with zero attached hydrogens (tertiary/aromatic N) is 4. The Morgan fingerprint density at radius 1 is 1.36 bits per heavy atom. The highest BCUT2D eigenvalue weighted by atomic mass is 35.5. The molecule has 138 valence electrons. The third-order valence-electron chi connectivity index (χ3n) is 5.15. The summed E-state index contributed by atoms with van der Waals surface area (Å²) in [5.74, 6) is 1.11. The van der Waals surface area contributed by atoms with E-state index in [2.05, 4.69) is 20.4 Å². The molecule has 0 radical (unpaired) electrons. The van der Waals surface area contributed by atoms with Gasteiger partial charge in [0.2, 0.25) is 5.91 Å². The standard InChI is InChI=1S/C17H26N6O.ClH/c1-11-14(12(2)23-17(21-11)19-10-20-23)7-8-16(24)22-15-6-4-3-5-13(15)9-18;/h10,13,15H,3-9,18H2,1-2H3,(H,22,24);1H. The molecule has 2 heterocycles. The number of nitrogens with two attached hydrogens (primary N) is 1. The van der Waals surface area contributed by atoms with Crippen LogP contribution in [0.4, 0.5) is 0 Å². The third-order valence-corrected chi connectivity index (χ3v) is 5.15. The number of amides is 1. The van der Waals surface area contributed by atoms with Gasteiger partial charge in [-0.3, -0.25) is 4.79 Å². The summed E-state index contributed by atoms with van der Waals surface area (Å²) in [4.78, 5) is 21.0. The Bertz CT molecular complexity index is 731. The maximum Gasteiger partial charge on any atom is 0.252 e. The lowest BCUT2D eigenvalue weighted by molar-refractivity contribution is -0.122. The smallest absolute Gasteiger partial charge is 0.252 e. The summed E-state index contributed by atoms with van der Waals surface area (Å²) in [5.41, 5.74) is 8.83. The van der Waals surface area contributed by atoms with Gasteiger partial charge >= 0.3 is 0 Å². The quantitative estimate of drug-likeness (QED) is 0.839. The number of halogens is 1. The zero-order chi connectivity index (χ0) is 17.1. The molecule has 0 aromatic carbocycles. The normalized spacial score (nSPS) is 20.3. The molecule has 1 fully saturated rings. The molecule has 2 atom stereocenters. The molecule has 3 N–H and O–H groups in total. The maximum atomic E-state index is 12.4. The molecule has 0 saturated heterocycles. The SMILES string of the molecule is Cc1nc2ncnn2c(C)c1CCC(=O)NC1CCCCC1CN.Cl. The summed E-state index contributed by atoms with van der Waals surface area (Å²) < 4.78 is 1.73. The van der Waals surface area contributed by atoms with Gasteiger partial charge < -0.3 is 11.1 Å². The molecular formula is C17H27ClN6O. The predicted octanol–water partition coefficient (Wildman–Crippen LogP) is 1.73. The molecule has 3 rings (SSSR count). The van der Waals surface area contributed by atoms with Gasteiger partial charge in [-0.05, 0) is 51.1 Å².